The third-order valence-corrected chi connectivity index (χ3v) is 5.00. The molecule has 0 spiro atoms. The van der Waals surface area contributed by atoms with E-state index >= 15 is 0 Å². The molecule has 2 aromatic rings. The summed E-state index contributed by atoms with van der Waals surface area (Å²) in [4.78, 5) is 0. The monoisotopic (exact) mass is 260 g/mol. The Balaban J connectivity index is 1.77. The lowest BCUT2D eigenvalue weighted by Crippen LogP contribution is -2.25. The van der Waals surface area contributed by atoms with Gasteiger partial charge in [-0.2, -0.15) is 0 Å². The number of fused-ring (bicyclic) bond motifs is 3. The Morgan fingerprint density at radius 3 is 2.60 bits per heavy atom. The molecule has 0 heteroatoms. The largest absolute Gasteiger partial charge is 0.0801 e. The van der Waals surface area contributed by atoms with Crippen LogP contribution in [0.1, 0.15) is 36.0 Å². The van der Waals surface area contributed by atoms with E-state index in [4.69, 9.17) is 0 Å². The van der Waals surface area contributed by atoms with Crippen LogP contribution in [-0.2, 0) is 12.8 Å². The van der Waals surface area contributed by atoms with Crippen molar-refractivity contribution in [2.45, 2.75) is 32.1 Å². The van der Waals surface area contributed by atoms with Crippen LogP contribution in [0.5, 0.6) is 0 Å². The minimum atomic E-state index is 0.364. The summed E-state index contributed by atoms with van der Waals surface area (Å²) < 4.78 is 0. The van der Waals surface area contributed by atoms with E-state index in [2.05, 4.69) is 60.7 Å². The minimum absolute atomic E-state index is 0.364. The summed E-state index contributed by atoms with van der Waals surface area (Å²) in [6.07, 6.45) is 8.85. The maximum Gasteiger partial charge on any atom is 0.00368 e. The van der Waals surface area contributed by atoms with Gasteiger partial charge in [0.05, 0.1) is 0 Å². The SMILES string of the molecule is C1=C2c3ccccc3CC2(Cc2ccccc2)CCC1. The van der Waals surface area contributed by atoms with Crippen molar-refractivity contribution in [1.82, 2.24) is 0 Å². The second-order valence-electron chi connectivity index (χ2n) is 6.29. The number of hydrogen-bond donors (Lipinski definition) is 0. The first kappa shape index (κ1) is 12.0. The number of hydrogen-bond acceptors (Lipinski definition) is 0. The van der Waals surface area contributed by atoms with Crippen molar-refractivity contribution in [3.05, 3.63) is 77.4 Å². The molecule has 0 saturated heterocycles. The van der Waals surface area contributed by atoms with E-state index in [-0.39, 0.29) is 0 Å². The molecular formula is C20H20. The standard InChI is InChI=1S/C20H20/c1-2-8-16(9-3-1)14-20-13-7-6-12-19(20)18-11-5-4-10-17(18)15-20/h1-5,8-12H,6-7,13-15H2. The van der Waals surface area contributed by atoms with Crippen LogP contribution in [0.3, 0.4) is 0 Å². The molecule has 4 rings (SSSR count). The molecule has 0 N–H and O–H groups in total. The zero-order valence-electron chi connectivity index (χ0n) is 11.8. The van der Waals surface area contributed by atoms with Crippen LogP contribution in [0.2, 0.25) is 0 Å². The van der Waals surface area contributed by atoms with Gasteiger partial charge in [-0.15, -0.1) is 0 Å². The van der Waals surface area contributed by atoms with Gasteiger partial charge in [-0.1, -0.05) is 60.7 Å². The van der Waals surface area contributed by atoms with Crippen molar-refractivity contribution in [2.75, 3.05) is 0 Å². The second-order valence-corrected chi connectivity index (χ2v) is 6.29. The van der Waals surface area contributed by atoms with E-state index in [1.807, 2.05) is 0 Å². The van der Waals surface area contributed by atoms with E-state index in [0.717, 1.165) is 0 Å². The molecular weight excluding hydrogens is 240 g/mol. The highest BCUT2D eigenvalue weighted by Crippen LogP contribution is 2.53. The Labute approximate surface area is 121 Å². The lowest BCUT2D eigenvalue weighted by molar-refractivity contribution is 0.354. The van der Waals surface area contributed by atoms with Gasteiger partial charge in [0.25, 0.3) is 0 Å². The molecule has 2 aliphatic carbocycles. The molecule has 0 saturated carbocycles. The van der Waals surface area contributed by atoms with Crippen molar-refractivity contribution in [3.63, 3.8) is 0 Å². The summed E-state index contributed by atoms with van der Waals surface area (Å²) in [6, 6.07) is 20.0. The third kappa shape index (κ3) is 1.83. The molecule has 0 radical (unpaired) electrons. The normalized spacial score (nSPS) is 23.9. The molecule has 1 atom stereocenters. The number of benzene rings is 2. The fraction of sp³-hybridized carbons (Fsp3) is 0.300. The fourth-order valence-corrected chi connectivity index (χ4v) is 4.15. The molecule has 0 bridgehead atoms. The van der Waals surface area contributed by atoms with Crippen LogP contribution >= 0.6 is 0 Å². The molecule has 0 amide bonds. The maximum atomic E-state index is 2.51. The summed E-state index contributed by atoms with van der Waals surface area (Å²) in [6.45, 7) is 0. The Morgan fingerprint density at radius 1 is 0.900 bits per heavy atom. The first-order chi connectivity index (χ1) is 9.87. The summed E-state index contributed by atoms with van der Waals surface area (Å²) in [7, 11) is 0. The molecule has 2 aromatic carbocycles. The molecule has 0 aliphatic heterocycles. The highest BCUT2D eigenvalue weighted by Gasteiger charge is 2.42. The molecule has 0 aromatic heterocycles. The quantitative estimate of drug-likeness (QED) is 0.709. The van der Waals surface area contributed by atoms with E-state index in [1.54, 1.807) is 11.1 Å². The summed E-state index contributed by atoms with van der Waals surface area (Å²) in [5.74, 6) is 0. The van der Waals surface area contributed by atoms with Gasteiger partial charge in [0.2, 0.25) is 0 Å². The Hall–Kier alpha value is -1.82. The molecule has 1 unspecified atom stereocenters. The molecule has 20 heavy (non-hydrogen) atoms. The number of rotatable bonds is 2. The number of allylic oxidation sites excluding steroid dienone is 2. The molecule has 100 valence electrons. The topological polar surface area (TPSA) is 0 Å². The Kier molecular flexibility index (Phi) is 2.77. The predicted molar refractivity (Wildman–Crippen MR) is 84.6 cm³/mol. The highest BCUT2D eigenvalue weighted by molar-refractivity contribution is 5.78. The van der Waals surface area contributed by atoms with Gasteiger partial charge in [-0.05, 0) is 54.4 Å². The summed E-state index contributed by atoms with van der Waals surface area (Å²) in [5.41, 5.74) is 6.54. The smallest absolute Gasteiger partial charge is 0.00368 e. The van der Waals surface area contributed by atoms with Crippen molar-refractivity contribution in [3.8, 4) is 0 Å². The highest BCUT2D eigenvalue weighted by atomic mass is 14.5. The van der Waals surface area contributed by atoms with Crippen LogP contribution in [0.25, 0.3) is 5.57 Å². The van der Waals surface area contributed by atoms with Gasteiger partial charge in [0, 0.05) is 5.41 Å². The molecule has 0 fully saturated rings. The van der Waals surface area contributed by atoms with Gasteiger partial charge >= 0.3 is 0 Å². The fourth-order valence-electron chi connectivity index (χ4n) is 4.15. The van der Waals surface area contributed by atoms with E-state index in [0.29, 0.717) is 5.41 Å². The predicted octanol–water partition coefficient (Wildman–Crippen LogP) is 5.04. The minimum Gasteiger partial charge on any atom is -0.0801 e. The van der Waals surface area contributed by atoms with Crippen LogP contribution in [0.4, 0.5) is 0 Å². The van der Waals surface area contributed by atoms with Crippen LogP contribution in [0.15, 0.2) is 60.7 Å². The Bertz CT molecular complexity index is 651. The summed E-state index contributed by atoms with van der Waals surface area (Å²) >= 11 is 0. The van der Waals surface area contributed by atoms with Crippen molar-refractivity contribution < 1.29 is 0 Å². The van der Waals surface area contributed by atoms with Gasteiger partial charge in [0.15, 0.2) is 0 Å². The molecule has 0 nitrogen and oxygen atoms in total. The van der Waals surface area contributed by atoms with Crippen LogP contribution < -0.4 is 0 Å². The van der Waals surface area contributed by atoms with Crippen LogP contribution in [0, 0.1) is 5.41 Å². The average Bonchev–Trinajstić information content (AvgIpc) is 2.82. The van der Waals surface area contributed by atoms with E-state index < -0.39 is 0 Å². The average molecular weight is 260 g/mol. The first-order valence-corrected chi connectivity index (χ1v) is 7.70. The zero-order valence-corrected chi connectivity index (χ0v) is 11.8. The molecule has 0 heterocycles. The van der Waals surface area contributed by atoms with E-state index in [9.17, 15) is 0 Å². The van der Waals surface area contributed by atoms with Crippen molar-refractivity contribution in [1.29, 1.82) is 0 Å². The Morgan fingerprint density at radius 2 is 1.70 bits per heavy atom. The van der Waals surface area contributed by atoms with E-state index in [1.165, 1.54) is 43.2 Å². The van der Waals surface area contributed by atoms with Crippen LogP contribution in [-0.4, -0.2) is 0 Å². The van der Waals surface area contributed by atoms with Gasteiger partial charge < -0.3 is 0 Å². The van der Waals surface area contributed by atoms with Gasteiger partial charge in [0.1, 0.15) is 0 Å². The third-order valence-electron chi connectivity index (χ3n) is 5.00. The second kappa shape index (κ2) is 4.63. The van der Waals surface area contributed by atoms with Crippen molar-refractivity contribution >= 4 is 5.57 Å². The zero-order chi connectivity index (χ0) is 13.4. The van der Waals surface area contributed by atoms with Gasteiger partial charge in [-0.25, -0.2) is 0 Å². The lowest BCUT2D eigenvalue weighted by Gasteiger charge is -2.34. The maximum absolute atomic E-state index is 2.51. The first-order valence-electron chi connectivity index (χ1n) is 7.70. The van der Waals surface area contributed by atoms with Crippen molar-refractivity contribution in [2.24, 2.45) is 5.41 Å². The summed E-state index contributed by atoms with van der Waals surface area (Å²) in [5, 5.41) is 0. The molecule has 2 aliphatic rings. The lowest BCUT2D eigenvalue weighted by atomic mass is 9.69. The van der Waals surface area contributed by atoms with Gasteiger partial charge in [-0.3, -0.25) is 0 Å².